The predicted octanol–water partition coefficient (Wildman–Crippen LogP) is 4.27. The zero-order chi connectivity index (χ0) is 54.5. The molecule has 2 amide bonds. The van der Waals surface area contributed by atoms with Gasteiger partial charge in [-0.1, -0.05) is 39.3 Å². The van der Waals surface area contributed by atoms with E-state index < -0.39 is 71.6 Å². The largest absolute Gasteiger partial charge is 0.490 e. The molecule has 26 nitrogen and oxygen atoms in total. The molecule has 3 heterocycles. The number of phosphoric acid groups is 3. The third-order valence-corrected chi connectivity index (χ3v) is 15.1. The fourth-order valence-corrected chi connectivity index (χ4v) is 10.7. The highest BCUT2D eigenvalue weighted by atomic mass is 31.3. The van der Waals surface area contributed by atoms with Crippen molar-refractivity contribution < 1.29 is 80.2 Å². The second-order valence-electron chi connectivity index (χ2n) is 16.5. The minimum atomic E-state index is -5.79. The number of hydrogen-bond donors (Lipinski definition) is 11. The van der Waals surface area contributed by atoms with Crippen LogP contribution in [0.4, 0.5) is 5.69 Å². The van der Waals surface area contributed by atoms with Crippen molar-refractivity contribution >= 4 is 64.0 Å². The SMILES string of the molecule is CCN(CC)CC.N=c1ccc2c(-c3cc(C(=O)NCCCCCC(=O)NC/C=C/c4cn([C@H]5C[C@@H](O)[C@@H](COP(=O)(O)OP(=O)(O)OP(=O)(O)O)O5)c(=O)[nH]c4=O)ccc3C(=O)O)c3ccc(N)cc3oc-2c1. The number of phosphoric ester groups is 1. The van der Waals surface area contributed by atoms with E-state index in [1.54, 1.807) is 30.3 Å². The van der Waals surface area contributed by atoms with Crippen molar-refractivity contribution in [3.8, 4) is 22.5 Å². The molecule has 29 heteroatoms. The van der Waals surface area contributed by atoms with Crippen molar-refractivity contribution in [2.75, 3.05) is 45.1 Å². The molecule has 5 atom stereocenters. The van der Waals surface area contributed by atoms with E-state index in [1.807, 2.05) is 0 Å². The number of carbonyl (C=O) groups is 3. The fourth-order valence-electron chi connectivity index (χ4n) is 7.63. The van der Waals surface area contributed by atoms with Crippen molar-refractivity contribution in [3.05, 3.63) is 110 Å². The van der Waals surface area contributed by atoms with Gasteiger partial charge in [0.15, 0.2) is 0 Å². The van der Waals surface area contributed by atoms with Crippen LogP contribution in [0.25, 0.3) is 39.5 Å². The number of hydrogen-bond acceptors (Lipinski definition) is 17. The van der Waals surface area contributed by atoms with E-state index in [2.05, 4.69) is 54.4 Å². The van der Waals surface area contributed by atoms with Crippen LogP contribution in [-0.2, 0) is 36.4 Å². The van der Waals surface area contributed by atoms with Crippen molar-refractivity contribution in [2.24, 2.45) is 0 Å². The highest BCUT2D eigenvalue weighted by Gasteiger charge is 2.43. The van der Waals surface area contributed by atoms with Crippen LogP contribution in [0.3, 0.4) is 0 Å². The quantitative estimate of drug-likeness (QED) is 0.0188. The Kier molecular flexibility index (Phi) is 20.7. The number of anilines is 1. The summed E-state index contributed by atoms with van der Waals surface area (Å²) < 4.78 is 58.6. The van der Waals surface area contributed by atoms with Crippen LogP contribution in [-0.4, -0.2) is 114 Å². The Morgan fingerprint density at radius 1 is 0.919 bits per heavy atom. The van der Waals surface area contributed by atoms with Gasteiger partial charge in [0.2, 0.25) is 5.91 Å². The van der Waals surface area contributed by atoms with E-state index in [1.165, 1.54) is 56.1 Å². The van der Waals surface area contributed by atoms with Gasteiger partial charge in [-0.05, 0) is 80.5 Å². The second-order valence-corrected chi connectivity index (χ2v) is 20.9. The summed E-state index contributed by atoms with van der Waals surface area (Å²) in [6.45, 7) is 9.39. The van der Waals surface area contributed by atoms with Gasteiger partial charge in [0.25, 0.3) is 11.5 Å². The third kappa shape index (κ3) is 16.8. The number of carboxylic acid groups (broad SMARTS) is 1. The van der Waals surface area contributed by atoms with Crippen molar-refractivity contribution in [1.82, 2.24) is 25.1 Å². The maximum atomic E-state index is 13.3. The Morgan fingerprint density at radius 3 is 2.30 bits per heavy atom. The lowest BCUT2D eigenvalue weighted by Gasteiger charge is -2.19. The molecule has 1 fully saturated rings. The van der Waals surface area contributed by atoms with E-state index in [4.69, 9.17) is 30.1 Å². The minimum absolute atomic E-state index is 0.0138. The van der Waals surface area contributed by atoms with Gasteiger partial charge >= 0.3 is 35.1 Å². The van der Waals surface area contributed by atoms with E-state index >= 15 is 0 Å². The summed E-state index contributed by atoms with van der Waals surface area (Å²) in [6.07, 6.45) is 1.05. The molecule has 6 rings (SSSR count). The number of unbranched alkanes of at least 4 members (excludes halogenated alkanes) is 2. The lowest BCUT2D eigenvalue weighted by Crippen LogP contribution is -2.33. The van der Waals surface area contributed by atoms with Crippen molar-refractivity contribution in [1.29, 1.82) is 5.41 Å². The summed E-state index contributed by atoms with van der Waals surface area (Å²) in [5, 5.41) is 34.8. The molecule has 2 aromatic carbocycles. The molecule has 0 radical (unpaired) electrons. The lowest BCUT2D eigenvalue weighted by molar-refractivity contribution is -0.121. The number of aromatic nitrogens is 2. The van der Waals surface area contributed by atoms with Crippen LogP contribution in [0.2, 0.25) is 0 Å². The van der Waals surface area contributed by atoms with Gasteiger partial charge in [-0.15, -0.1) is 0 Å². The van der Waals surface area contributed by atoms with Crippen LogP contribution in [0, 0.1) is 5.41 Å². The van der Waals surface area contributed by atoms with Gasteiger partial charge in [0, 0.05) is 72.0 Å². The number of carbonyl (C=O) groups excluding carboxylic acids is 2. The van der Waals surface area contributed by atoms with Gasteiger partial charge in [0.05, 0.1) is 29.2 Å². The Balaban J connectivity index is 0.00000135. The molecule has 12 N–H and O–H groups in total. The lowest BCUT2D eigenvalue weighted by atomic mass is 9.89. The molecule has 3 aliphatic rings. The number of aromatic carboxylic acids is 1. The highest BCUT2D eigenvalue weighted by Crippen LogP contribution is 2.66. The third-order valence-electron chi connectivity index (χ3n) is 11.3. The predicted molar refractivity (Wildman–Crippen MR) is 267 cm³/mol. The number of fused-ring (bicyclic) bond motifs is 2. The zero-order valence-corrected chi connectivity index (χ0v) is 42.9. The second kappa shape index (κ2) is 26.0. The van der Waals surface area contributed by atoms with E-state index in [0.717, 1.165) is 10.8 Å². The number of carboxylic acids is 1. The summed E-state index contributed by atoms with van der Waals surface area (Å²) in [5.41, 5.74) is 6.40. The summed E-state index contributed by atoms with van der Waals surface area (Å²) in [4.78, 5) is 104. The van der Waals surface area contributed by atoms with Crippen molar-refractivity contribution in [3.63, 3.8) is 0 Å². The van der Waals surface area contributed by atoms with Crippen LogP contribution in [0.5, 0.6) is 0 Å². The first-order valence-electron chi connectivity index (χ1n) is 22.9. The molecule has 1 aromatic heterocycles. The average molecular weight is 1090 g/mol. The summed E-state index contributed by atoms with van der Waals surface area (Å²) in [6, 6.07) is 13.9. The Bertz CT molecular complexity index is 3150. The number of aliphatic hydroxyl groups is 1. The normalized spacial score (nSPS) is 17.4. The topological polar surface area (TPSA) is 406 Å². The Morgan fingerprint density at radius 2 is 1.64 bits per heavy atom. The maximum Gasteiger partial charge on any atom is 0.490 e. The zero-order valence-electron chi connectivity index (χ0n) is 40.2. The summed E-state index contributed by atoms with van der Waals surface area (Å²) >= 11 is 0. The van der Waals surface area contributed by atoms with E-state index in [0.29, 0.717) is 52.8 Å². The Hall–Kier alpha value is -5.95. The first kappa shape index (κ1) is 58.9. The molecule has 1 saturated heterocycles. The van der Waals surface area contributed by atoms with E-state index in [-0.39, 0.29) is 59.4 Å². The molecule has 0 saturated carbocycles. The highest BCUT2D eigenvalue weighted by molar-refractivity contribution is 7.66. The van der Waals surface area contributed by atoms with Gasteiger partial charge in [-0.25, -0.2) is 23.3 Å². The number of amides is 2. The van der Waals surface area contributed by atoms with Gasteiger partial charge in [-0.2, -0.15) is 8.62 Å². The van der Waals surface area contributed by atoms with Crippen LogP contribution < -0.4 is 33.0 Å². The molecule has 2 unspecified atom stereocenters. The molecule has 1 aliphatic carbocycles. The van der Waals surface area contributed by atoms with Gasteiger partial charge in [-0.3, -0.25) is 28.5 Å². The Labute approximate surface area is 422 Å². The molecule has 2 aliphatic heterocycles. The number of ether oxygens (including phenoxy) is 1. The van der Waals surface area contributed by atoms with Crippen molar-refractivity contribution in [2.45, 2.75) is 71.3 Å². The average Bonchev–Trinajstić information content (AvgIpc) is 3.69. The molecular formula is C45H58N7O19P3. The number of nitrogens with two attached hydrogens (primary N) is 1. The number of nitrogens with one attached hydrogen (secondary N) is 4. The molecular weight excluding hydrogens is 1040 g/mol. The standard InChI is InChI=1S/C39H43N6O19P3.C6H15N/c40-23-8-11-26-30(16-23)61-31-17-24(41)9-12-27(31)35(26)28-15-21(7-10-25(28)38(50)51)36(48)43-13-3-1-2-6-33(47)42-14-4-5-22-19-45(39(52)44-37(22)49)34-18-29(46)32(62-34)20-60-66(56,57)64-67(58,59)63-65(53,54)55;1-4-7(5-2)6-3/h4-5,7-12,15-17,19,29,32,34,40,46H,1-3,6,13-14,18,20,41H2,(H,42,47)(H,43,48)(H,50,51)(H,56,57)(H,58,59)(H,44,49,52)(H2,53,54,55);4-6H2,1-3H3/b5-4+,40-23?;/t29-,32-,34-;/m1./s1. The van der Waals surface area contributed by atoms with Crippen LogP contribution in [0.15, 0.2) is 80.9 Å². The number of benzene rings is 3. The first-order chi connectivity index (χ1) is 34.8. The number of aromatic amines is 1. The molecule has 0 spiro atoms. The maximum absolute atomic E-state index is 13.3. The monoisotopic (exact) mass is 1090 g/mol. The minimum Gasteiger partial charge on any atom is -0.478 e. The number of nitrogens with zero attached hydrogens (tertiary/aromatic N) is 2. The van der Waals surface area contributed by atoms with Crippen LogP contribution >= 0.6 is 23.5 Å². The number of rotatable bonds is 23. The number of aliphatic hydroxyl groups excluding tert-OH is 1. The summed E-state index contributed by atoms with van der Waals surface area (Å²) in [5.74, 6) is -1.65. The molecule has 74 heavy (non-hydrogen) atoms. The molecule has 402 valence electrons. The first-order valence-corrected chi connectivity index (χ1v) is 27.5. The number of nitrogen functional groups attached to an aromatic ring is 1. The number of H-pyrrole nitrogens is 1. The smallest absolute Gasteiger partial charge is 0.478 e. The molecule has 0 bridgehead atoms. The van der Waals surface area contributed by atoms with Crippen LogP contribution in [0.1, 0.15) is 85.4 Å². The van der Waals surface area contributed by atoms with E-state index in [9.17, 15) is 57.7 Å². The van der Waals surface area contributed by atoms with Gasteiger partial charge < -0.3 is 65.6 Å². The molecule has 3 aromatic rings. The fraction of sp³-hybridized carbons (Fsp3) is 0.378. The summed E-state index contributed by atoms with van der Waals surface area (Å²) in [7, 11) is -16.9. The van der Waals surface area contributed by atoms with Gasteiger partial charge in [0.1, 0.15) is 23.7 Å².